The molecule has 2 N–H and O–H groups in total. The molecule has 60 valence electrons. The van der Waals surface area contributed by atoms with Crippen LogP contribution in [0.25, 0.3) is 0 Å². The van der Waals surface area contributed by atoms with Gasteiger partial charge in [0, 0.05) is 11.8 Å². The minimum atomic E-state index is -0.218. The van der Waals surface area contributed by atoms with Crippen LogP contribution in [-0.4, -0.2) is 18.0 Å². The predicted octanol–water partition coefficient (Wildman–Crippen LogP) is 0.544. The van der Waals surface area contributed by atoms with Gasteiger partial charge in [0.05, 0.1) is 6.61 Å². The molecule has 0 spiro atoms. The Morgan fingerprint density at radius 1 is 1.80 bits per heavy atom. The standard InChI is InChI=1S/C6H13NO2S/c1-2-9-6(8)4-3-5(7)10/h5,10H,2-4,7H2,1H3. The molecule has 3 nitrogen and oxygen atoms in total. The Labute approximate surface area is 66.3 Å². The van der Waals surface area contributed by atoms with E-state index in [0.29, 0.717) is 19.4 Å². The van der Waals surface area contributed by atoms with Crippen LogP contribution in [0.4, 0.5) is 0 Å². The van der Waals surface area contributed by atoms with Crippen molar-refractivity contribution in [2.75, 3.05) is 6.61 Å². The SMILES string of the molecule is CCOC(=O)CCC(N)S. The Balaban J connectivity index is 3.22. The van der Waals surface area contributed by atoms with Crippen molar-refractivity contribution in [1.82, 2.24) is 0 Å². The van der Waals surface area contributed by atoms with Crippen LogP contribution in [0.5, 0.6) is 0 Å². The Kier molecular flexibility index (Phi) is 5.43. The first kappa shape index (κ1) is 9.78. The molecule has 0 heterocycles. The van der Waals surface area contributed by atoms with Gasteiger partial charge in [-0.25, -0.2) is 0 Å². The third-order valence-corrected chi connectivity index (χ3v) is 1.21. The Bertz CT molecular complexity index is 106. The van der Waals surface area contributed by atoms with Crippen molar-refractivity contribution >= 4 is 18.6 Å². The van der Waals surface area contributed by atoms with E-state index in [1.165, 1.54) is 0 Å². The molecule has 0 radical (unpaired) electrons. The summed E-state index contributed by atoms with van der Waals surface area (Å²) in [6.45, 7) is 2.21. The number of thiol groups is 1. The summed E-state index contributed by atoms with van der Waals surface area (Å²) in [7, 11) is 0. The summed E-state index contributed by atoms with van der Waals surface area (Å²) in [5.41, 5.74) is 5.29. The fourth-order valence-corrected chi connectivity index (χ4v) is 0.628. The quantitative estimate of drug-likeness (QED) is 0.361. The average molecular weight is 163 g/mol. The number of hydrogen-bond donors (Lipinski definition) is 2. The van der Waals surface area contributed by atoms with E-state index in [1.807, 2.05) is 0 Å². The van der Waals surface area contributed by atoms with Crippen molar-refractivity contribution < 1.29 is 9.53 Å². The number of carbonyl (C=O) groups is 1. The molecule has 0 aliphatic heterocycles. The van der Waals surface area contributed by atoms with Gasteiger partial charge in [-0.2, -0.15) is 12.6 Å². The van der Waals surface area contributed by atoms with E-state index in [4.69, 9.17) is 5.73 Å². The number of nitrogens with two attached hydrogens (primary N) is 1. The van der Waals surface area contributed by atoms with Crippen molar-refractivity contribution in [2.24, 2.45) is 5.73 Å². The first-order chi connectivity index (χ1) is 4.66. The summed E-state index contributed by atoms with van der Waals surface area (Å²) in [4.78, 5) is 10.6. The number of esters is 1. The Morgan fingerprint density at radius 2 is 2.40 bits per heavy atom. The van der Waals surface area contributed by atoms with Crippen LogP contribution >= 0.6 is 12.6 Å². The van der Waals surface area contributed by atoms with E-state index in [0.717, 1.165) is 0 Å². The zero-order valence-electron chi connectivity index (χ0n) is 6.04. The molecule has 1 atom stereocenters. The van der Waals surface area contributed by atoms with Crippen LogP contribution in [0.15, 0.2) is 0 Å². The van der Waals surface area contributed by atoms with Crippen molar-refractivity contribution in [3.63, 3.8) is 0 Å². The fourth-order valence-electron chi connectivity index (χ4n) is 0.499. The van der Waals surface area contributed by atoms with Crippen LogP contribution < -0.4 is 5.73 Å². The molecule has 0 amide bonds. The van der Waals surface area contributed by atoms with Crippen molar-refractivity contribution in [1.29, 1.82) is 0 Å². The second-order valence-corrected chi connectivity index (χ2v) is 2.57. The van der Waals surface area contributed by atoms with Gasteiger partial charge >= 0.3 is 5.97 Å². The number of carbonyl (C=O) groups excluding carboxylic acids is 1. The molecule has 0 aliphatic carbocycles. The summed E-state index contributed by atoms with van der Waals surface area (Å²) >= 11 is 3.91. The Hall–Kier alpha value is -0.220. The van der Waals surface area contributed by atoms with Gasteiger partial charge in [-0.3, -0.25) is 4.79 Å². The van der Waals surface area contributed by atoms with Crippen LogP contribution in [0.3, 0.4) is 0 Å². The van der Waals surface area contributed by atoms with Gasteiger partial charge in [-0.05, 0) is 13.3 Å². The molecule has 4 heteroatoms. The van der Waals surface area contributed by atoms with E-state index >= 15 is 0 Å². The average Bonchev–Trinajstić information content (AvgIpc) is 1.85. The third-order valence-electron chi connectivity index (χ3n) is 0.950. The molecule has 0 rings (SSSR count). The molecular weight excluding hydrogens is 150 g/mol. The Morgan fingerprint density at radius 3 is 2.80 bits per heavy atom. The van der Waals surface area contributed by atoms with Crippen LogP contribution in [0.1, 0.15) is 19.8 Å². The number of ether oxygens (including phenoxy) is 1. The maximum absolute atomic E-state index is 10.6. The van der Waals surface area contributed by atoms with Gasteiger partial charge in [0.25, 0.3) is 0 Å². The van der Waals surface area contributed by atoms with E-state index in [2.05, 4.69) is 17.4 Å². The molecule has 0 saturated carbocycles. The maximum Gasteiger partial charge on any atom is 0.305 e. The summed E-state index contributed by atoms with van der Waals surface area (Å²) in [5, 5.41) is -0.218. The van der Waals surface area contributed by atoms with Crippen molar-refractivity contribution in [3.8, 4) is 0 Å². The third kappa shape index (κ3) is 5.91. The molecule has 0 aliphatic rings. The molecule has 0 aromatic rings. The number of rotatable bonds is 4. The molecule has 0 aromatic carbocycles. The lowest BCUT2D eigenvalue weighted by Gasteiger charge is -2.02. The minimum absolute atomic E-state index is 0.202. The monoisotopic (exact) mass is 163 g/mol. The summed E-state index contributed by atoms with van der Waals surface area (Å²) in [5.74, 6) is -0.202. The molecular formula is C6H13NO2S. The highest BCUT2D eigenvalue weighted by Gasteiger charge is 2.02. The van der Waals surface area contributed by atoms with Crippen molar-refractivity contribution in [2.45, 2.75) is 25.1 Å². The van der Waals surface area contributed by atoms with Gasteiger partial charge < -0.3 is 10.5 Å². The van der Waals surface area contributed by atoms with Gasteiger partial charge in [0.2, 0.25) is 0 Å². The van der Waals surface area contributed by atoms with Crippen LogP contribution in [0, 0.1) is 0 Å². The van der Waals surface area contributed by atoms with Gasteiger partial charge in [-0.1, -0.05) is 0 Å². The summed E-state index contributed by atoms with van der Waals surface area (Å²) < 4.78 is 4.66. The first-order valence-electron chi connectivity index (χ1n) is 3.26. The van der Waals surface area contributed by atoms with E-state index in [9.17, 15) is 4.79 Å². The lowest BCUT2D eigenvalue weighted by atomic mass is 10.3. The highest BCUT2D eigenvalue weighted by Crippen LogP contribution is 1.98. The zero-order chi connectivity index (χ0) is 7.98. The molecule has 0 fully saturated rings. The predicted molar refractivity (Wildman–Crippen MR) is 42.8 cm³/mol. The number of hydrogen-bond acceptors (Lipinski definition) is 4. The summed E-state index contributed by atoms with van der Waals surface area (Å²) in [6.07, 6.45) is 0.931. The lowest BCUT2D eigenvalue weighted by molar-refractivity contribution is -0.143. The van der Waals surface area contributed by atoms with Crippen molar-refractivity contribution in [3.05, 3.63) is 0 Å². The summed E-state index contributed by atoms with van der Waals surface area (Å²) in [6, 6.07) is 0. The molecule has 10 heavy (non-hydrogen) atoms. The second-order valence-electron chi connectivity index (χ2n) is 1.91. The molecule has 0 saturated heterocycles. The smallest absolute Gasteiger partial charge is 0.305 e. The molecule has 0 bridgehead atoms. The molecule has 0 aromatic heterocycles. The largest absolute Gasteiger partial charge is 0.466 e. The zero-order valence-corrected chi connectivity index (χ0v) is 6.93. The van der Waals surface area contributed by atoms with Crippen LogP contribution in [0.2, 0.25) is 0 Å². The second kappa shape index (κ2) is 5.56. The maximum atomic E-state index is 10.6. The van der Waals surface area contributed by atoms with Gasteiger partial charge in [-0.15, -0.1) is 0 Å². The van der Waals surface area contributed by atoms with Gasteiger partial charge in [0.1, 0.15) is 0 Å². The molecule has 1 unspecified atom stereocenters. The normalized spacial score (nSPS) is 12.7. The van der Waals surface area contributed by atoms with E-state index in [-0.39, 0.29) is 11.3 Å². The van der Waals surface area contributed by atoms with Crippen LogP contribution in [-0.2, 0) is 9.53 Å². The highest BCUT2D eigenvalue weighted by atomic mass is 32.1. The van der Waals surface area contributed by atoms with E-state index < -0.39 is 0 Å². The fraction of sp³-hybridized carbons (Fsp3) is 0.833. The van der Waals surface area contributed by atoms with Gasteiger partial charge in [0.15, 0.2) is 0 Å². The first-order valence-corrected chi connectivity index (χ1v) is 3.77. The van der Waals surface area contributed by atoms with E-state index in [1.54, 1.807) is 6.92 Å². The lowest BCUT2D eigenvalue weighted by Crippen LogP contribution is -2.14. The minimum Gasteiger partial charge on any atom is -0.466 e. The topological polar surface area (TPSA) is 52.3 Å². The highest BCUT2D eigenvalue weighted by molar-refractivity contribution is 7.80.